The zero-order valence-corrected chi connectivity index (χ0v) is 18.3. The van der Waals surface area contributed by atoms with E-state index in [2.05, 4.69) is 59.9 Å². The van der Waals surface area contributed by atoms with Crippen LogP contribution < -0.4 is 25.6 Å². The number of likely N-dealkylation sites (tertiary alicyclic amines) is 1. The van der Waals surface area contributed by atoms with Crippen LogP contribution in [0.25, 0.3) is 0 Å². The number of fused-ring (bicyclic) bond motifs is 3. The van der Waals surface area contributed by atoms with Gasteiger partial charge in [0.15, 0.2) is 23.2 Å². The van der Waals surface area contributed by atoms with Crippen molar-refractivity contribution in [3.05, 3.63) is 48.4 Å². The van der Waals surface area contributed by atoms with Crippen molar-refractivity contribution < 1.29 is 9.13 Å². The maximum absolute atomic E-state index is 14.4. The molecular formula is C23H25FN8O. The SMILES string of the molecule is CN1CC2CC1CN2c1cccc(Nc2ncc(F)c(Nc3ccc4c(n3)NCCO4)n2)c1. The number of benzene rings is 1. The zero-order valence-electron chi connectivity index (χ0n) is 18.3. The molecule has 6 rings (SSSR count). The van der Waals surface area contributed by atoms with Gasteiger partial charge in [0.2, 0.25) is 5.95 Å². The smallest absolute Gasteiger partial charge is 0.229 e. The number of nitrogens with one attached hydrogen (secondary N) is 3. The third-order valence-corrected chi connectivity index (χ3v) is 6.45. The molecule has 3 aromatic rings. The minimum atomic E-state index is -0.560. The summed E-state index contributed by atoms with van der Waals surface area (Å²) >= 11 is 0. The van der Waals surface area contributed by atoms with E-state index < -0.39 is 5.82 Å². The molecule has 3 aliphatic rings. The maximum atomic E-state index is 14.4. The molecule has 0 saturated carbocycles. The molecule has 2 aromatic heterocycles. The van der Waals surface area contributed by atoms with Gasteiger partial charge in [0, 0.05) is 36.5 Å². The third kappa shape index (κ3) is 3.86. The van der Waals surface area contributed by atoms with Gasteiger partial charge in [-0.15, -0.1) is 0 Å². The highest BCUT2D eigenvalue weighted by Crippen LogP contribution is 2.35. The minimum Gasteiger partial charge on any atom is -0.488 e. The minimum absolute atomic E-state index is 0.0488. The van der Waals surface area contributed by atoms with E-state index in [0.717, 1.165) is 25.0 Å². The van der Waals surface area contributed by atoms with E-state index >= 15 is 0 Å². The normalized spacial score (nSPS) is 21.3. The van der Waals surface area contributed by atoms with E-state index in [9.17, 15) is 4.39 Å². The maximum Gasteiger partial charge on any atom is 0.229 e. The van der Waals surface area contributed by atoms with Crippen molar-refractivity contribution in [1.82, 2.24) is 19.9 Å². The van der Waals surface area contributed by atoms with Crippen LogP contribution in [0.2, 0.25) is 0 Å². The van der Waals surface area contributed by atoms with Crippen LogP contribution in [0, 0.1) is 5.82 Å². The molecule has 2 bridgehead atoms. The van der Waals surface area contributed by atoms with Crippen LogP contribution in [-0.2, 0) is 0 Å². The molecular weight excluding hydrogens is 423 g/mol. The van der Waals surface area contributed by atoms with E-state index in [1.807, 2.05) is 12.1 Å². The van der Waals surface area contributed by atoms with Crippen molar-refractivity contribution in [3.8, 4) is 5.75 Å². The van der Waals surface area contributed by atoms with Crippen molar-refractivity contribution in [3.63, 3.8) is 0 Å². The fourth-order valence-electron chi connectivity index (χ4n) is 4.80. The number of ether oxygens (including phenoxy) is 1. The number of nitrogens with zero attached hydrogens (tertiary/aromatic N) is 5. The van der Waals surface area contributed by atoms with Crippen LogP contribution in [0.1, 0.15) is 6.42 Å². The van der Waals surface area contributed by atoms with Crippen molar-refractivity contribution in [2.24, 2.45) is 0 Å². The number of hydrogen-bond acceptors (Lipinski definition) is 9. The van der Waals surface area contributed by atoms with Gasteiger partial charge in [-0.1, -0.05) is 6.07 Å². The summed E-state index contributed by atoms with van der Waals surface area (Å²) in [4.78, 5) is 17.8. The second-order valence-corrected chi connectivity index (χ2v) is 8.64. The molecule has 2 fully saturated rings. The summed E-state index contributed by atoms with van der Waals surface area (Å²) in [7, 11) is 2.20. The van der Waals surface area contributed by atoms with E-state index in [0.29, 0.717) is 48.6 Å². The van der Waals surface area contributed by atoms with Gasteiger partial charge < -0.3 is 25.6 Å². The molecule has 2 unspecified atom stereocenters. The third-order valence-electron chi connectivity index (χ3n) is 6.45. The van der Waals surface area contributed by atoms with Gasteiger partial charge >= 0.3 is 0 Å². The Morgan fingerprint density at radius 1 is 1.12 bits per heavy atom. The molecule has 0 radical (unpaired) electrons. The molecule has 2 atom stereocenters. The Hall–Kier alpha value is -3.66. The average molecular weight is 449 g/mol. The lowest BCUT2D eigenvalue weighted by molar-refractivity contribution is 0.292. The van der Waals surface area contributed by atoms with E-state index in [4.69, 9.17) is 4.74 Å². The van der Waals surface area contributed by atoms with Gasteiger partial charge in [-0.25, -0.2) is 14.4 Å². The van der Waals surface area contributed by atoms with Crippen LogP contribution in [-0.4, -0.2) is 65.2 Å². The van der Waals surface area contributed by atoms with Crippen LogP contribution in [0.4, 0.5) is 39.2 Å². The summed E-state index contributed by atoms with van der Waals surface area (Å²) in [6, 6.07) is 12.9. The number of halogens is 1. The van der Waals surface area contributed by atoms with Crippen molar-refractivity contribution in [2.45, 2.75) is 18.5 Å². The Kier molecular flexibility index (Phi) is 4.87. The molecule has 0 aliphatic carbocycles. The Bertz CT molecular complexity index is 1190. The van der Waals surface area contributed by atoms with E-state index in [1.54, 1.807) is 12.1 Å². The second-order valence-electron chi connectivity index (χ2n) is 8.64. The summed E-state index contributed by atoms with van der Waals surface area (Å²) < 4.78 is 20.0. The van der Waals surface area contributed by atoms with E-state index in [-0.39, 0.29) is 5.82 Å². The molecule has 170 valence electrons. The van der Waals surface area contributed by atoms with Crippen LogP contribution in [0.15, 0.2) is 42.6 Å². The predicted octanol–water partition coefficient (Wildman–Crippen LogP) is 3.19. The van der Waals surface area contributed by atoms with Crippen LogP contribution in [0.3, 0.4) is 0 Å². The summed E-state index contributed by atoms with van der Waals surface area (Å²) in [6.45, 7) is 3.40. The highest BCUT2D eigenvalue weighted by atomic mass is 19.1. The first kappa shape index (κ1) is 20.0. The number of hydrogen-bond donors (Lipinski definition) is 3. The fraction of sp³-hybridized carbons (Fsp3) is 0.348. The first-order valence-corrected chi connectivity index (χ1v) is 11.1. The molecule has 9 nitrogen and oxygen atoms in total. The molecule has 1 aromatic carbocycles. The lowest BCUT2D eigenvalue weighted by Crippen LogP contribution is -2.44. The van der Waals surface area contributed by atoms with Gasteiger partial charge in [-0.2, -0.15) is 4.98 Å². The van der Waals surface area contributed by atoms with Crippen molar-refractivity contribution >= 4 is 34.8 Å². The Balaban J connectivity index is 1.19. The van der Waals surface area contributed by atoms with Crippen LogP contribution in [0.5, 0.6) is 5.75 Å². The van der Waals surface area contributed by atoms with E-state index in [1.165, 1.54) is 12.1 Å². The van der Waals surface area contributed by atoms with Gasteiger partial charge in [0.25, 0.3) is 0 Å². The number of likely N-dealkylation sites (N-methyl/N-ethyl adjacent to an activating group) is 1. The first-order valence-electron chi connectivity index (χ1n) is 11.1. The fourth-order valence-corrected chi connectivity index (χ4v) is 4.80. The molecule has 0 spiro atoms. The van der Waals surface area contributed by atoms with Gasteiger partial charge in [0.1, 0.15) is 12.4 Å². The first-order chi connectivity index (χ1) is 16.1. The number of aromatic nitrogens is 3. The predicted molar refractivity (Wildman–Crippen MR) is 125 cm³/mol. The lowest BCUT2D eigenvalue weighted by atomic mass is 10.2. The van der Waals surface area contributed by atoms with Gasteiger partial charge in [-0.05, 0) is 43.8 Å². The monoisotopic (exact) mass is 448 g/mol. The molecule has 5 heterocycles. The molecule has 33 heavy (non-hydrogen) atoms. The number of pyridine rings is 1. The standard InChI is InChI=1S/C23H25FN8O/c1-31-12-17-10-16(31)13-32(17)15-4-2-3-14(9-15)27-23-26-11-18(24)21(30-23)28-20-6-5-19-22(29-20)25-7-8-33-19/h2-6,9,11,16-17H,7-8,10,12-13H2,1H3,(H3,25,26,27,28,29,30). The Morgan fingerprint density at radius 3 is 2.91 bits per heavy atom. The van der Waals surface area contributed by atoms with Crippen LogP contribution >= 0.6 is 0 Å². The van der Waals surface area contributed by atoms with Crippen molar-refractivity contribution in [2.75, 3.05) is 54.1 Å². The van der Waals surface area contributed by atoms with Gasteiger partial charge in [-0.3, -0.25) is 4.90 Å². The zero-order chi connectivity index (χ0) is 22.4. The molecule has 3 aliphatic heterocycles. The molecule has 3 N–H and O–H groups in total. The molecule has 2 saturated heterocycles. The summed E-state index contributed by atoms with van der Waals surface area (Å²) in [6.07, 6.45) is 2.36. The Morgan fingerprint density at radius 2 is 2.06 bits per heavy atom. The summed E-state index contributed by atoms with van der Waals surface area (Å²) in [5.41, 5.74) is 2.03. The quantitative estimate of drug-likeness (QED) is 0.544. The number of rotatable bonds is 5. The second kappa shape index (κ2) is 8.04. The lowest BCUT2D eigenvalue weighted by Gasteiger charge is -2.33. The summed E-state index contributed by atoms with van der Waals surface area (Å²) in [5.74, 6) is 1.56. The number of anilines is 6. The van der Waals surface area contributed by atoms with Crippen molar-refractivity contribution in [1.29, 1.82) is 0 Å². The number of piperazine rings is 1. The van der Waals surface area contributed by atoms with Gasteiger partial charge in [0.05, 0.1) is 12.7 Å². The topological polar surface area (TPSA) is 90.5 Å². The largest absolute Gasteiger partial charge is 0.488 e. The highest BCUT2D eigenvalue weighted by Gasteiger charge is 2.41. The molecule has 0 amide bonds. The summed E-state index contributed by atoms with van der Waals surface area (Å²) in [5, 5.41) is 9.31. The Labute approximate surface area is 191 Å². The molecule has 10 heteroatoms. The highest BCUT2D eigenvalue weighted by molar-refractivity contribution is 5.65. The average Bonchev–Trinajstić information content (AvgIpc) is 3.41.